The maximum Gasteiger partial charge on any atom is 0.131 e. The average Bonchev–Trinajstić information content (AvgIpc) is 2.43. The van der Waals surface area contributed by atoms with E-state index in [4.69, 9.17) is 15.2 Å². The minimum Gasteiger partial charge on any atom is -0.497 e. The number of ether oxygens (including phenoxy) is 2. The first-order valence-corrected chi connectivity index (χ1v) is 6.52. The van der Waals surface area contributed by atoms with E-state index in [1.165, 1.54) is 13.2 Å². The minimum atomic E-state index is -0.234. The van der Waals surface area contributed by atoms with Gasteiger partial charge in [0.2, 0.25) is 0 Å². The molecule has 19 heavy (non-hydrogen) atoms. The van der Waals surface area contributed by atoms with Crippen molar-refractivity contribution in [2.45, 2.75) is 25.6 Å². The Kier molecular flexibility index (Phi) is 4.74. The number of hydrogen-bond donors (Lipinski definition) is 1. The van der Waals surface area contributed by atoms with Gasteiger partial charge in [-0.15, -0.1) is 0 Å². The molecular formula is C14H21FN2O2. The molecule has 1 aromatic carbocycles. The van der Waals surface area contributed by atoms with Crippen LogP contribution in [0.5, 0.6) is 5.75 Å². The van der Waals surface area contributed by atoms with Gasteiger partial charge in [0.15, 0.2) is 0 Å². The van der Waals surface area contributed by atoms with Gasteiger partial charge in [-0.3, -0.25) is 4.90 Å². The van der Waals surface area contributed by atoms with Crippen molar-refractivity contribution in [3.8, 4) is 5.75 Å². The molecule has 106 valence electrons. The van der Waals surface area contributed by atoms with Gasteiger partial charge in [0, 0.05) is 37.3 Å². The first-order valence-electron chi connectivity index (χ1n) is 6.52. The zero-order valence-corrected chi connectivity index (χ0v) is 11.4. The lowest BCUT2D eigenvalue weighted by Crippen LogP contribution is -2.50. The maximum atomic E-state index is 13.9. The smallest absolute Gasteiger partial charge is 0.131 e. The highest BCUT2D eigenvalue weighted by molar-refractivity contribution is 5.28. The van der Waals surface area contributed by atoms with Crippen LogP contribution in [0.1, 0.15) is 12.5 Å². The fourth-order valence-electron chi connectivity index (χ4n) is 2.24. The van der Waals surface area contributed by atoms with Crippen LogP contribution < -0.4 is 10.5 Å². The quantitative estimate of drug-likeness (QED) is 0.896. The predicted molar refractivity (Wildman–Crippen MR) is 71.6 cm³/mol. The molecule has 1 saturated heterocycles. The largest absolute Gasteiger partial charge is 0.497 e. The molecule has 1 heterocycles. The first kappa shape index (κ1) is 14.2. The number of halogens is 1. The highest BCUT2D eigenvalue weighted by Crippen LogP contribution is 2.20. The van der Waals surface area contributed by atoms with E-state index in [2.05, 4.69) is 11.8 Å². The molecule has 0 spiro atoms. The van der Waals surface area contributed by atoms with Gasteiger partial charge in [-0.05, 0) is 13.0 Å². The number of nitrogens with two attached hydrogens (primary N) is 1. The van der Waals surface area contributed by atoms with Crippen molar-refractivity contribution < 1.29 is 13.9 Å². The maximum absolute atomic E-state index is 13.9. The monoisotopic (exact) mass is 268 g/mol. The Balaban J connectivity index is 2.06. The van der Waals surface area contributed by atoms with E-state index >= 15 is 0 Å². The lowest BCUT2D eigenvalue weighted by Gasteiger charge is -2.37. The molecule has 0 saturated carbocycles. The third-order valence-corrected chi connectivity index (χ3v) is 3.53. The van der Waals surface area contributed by atoms with Gasteiger partial charge in [0.05, 0.1) is 19.8 Å². The summed E-state index contributed by atoms with van der Waals surface area (Å²) in [7, 11) is 1.53. The Morgan fingerprint density at radius 3 is 2.95 bits per heavy atom. The van der Waals surface area contributed by atoms with Crippen LogP contribution in [0, 0.1) is 5.82 Å². The van der Waals surface area contributed by atoms with Crippen LogP contribution >= 0.6 is 0 Å². The van der Waals surface area contributed by atoms with Gasteiger partial charge in [-0.25, -0.2) is 4.39 Å². The summed E-state index contributed by atoms with van der Waals surface area (Å²) < 4.78 is 24.5. The first-order chi connectivity index (χ1) is 9.13. The molecule has 1 aliphatic rings. The van der Waals surface area contributed by atoms with Crippen LogP contribution in [-0.2, 0) is 11.3 Å². The van der Waals surface area contributed by atoms with Crippen LogP contribution in [0.15, 0.2) is 18.2 Å². The molecule has 2 rings (SSSR count). The number of rotatable bonds is 4. The Morgan fingerprint density at radius 1 is 1.53 bits per heavy atom. The fourth-order valence-corrected chi connectivity index (χ4v) is 2.24. The zero-order chi connectivity index (χ0) is 13.8. The van der Waals surface area contributed by atoms with Gasteiger partial charge in [-0.1, -0.05) is 6.07 Å². The lowest BCUT2D eigenvalue weighted by molar-refractivity contribution is -0.0570. The summed E-state index contributed by atoms with van der Waals surface area (Å²) in [5, 5.41) is 0. The van der Waals surface area contributed by atoms with Crippen molar-refractivity contribution in [3.63, 3.8) is 0 Å². The van der Waals surface area contributed by atoms with Crippen molar-refractivity contribution in [2.75, 3.05) is 26.8 Å². The fraction of sp³-hybridized carbons (Fsp3) is 0.571. The van der Waals surface area contributed by atoms with E-state index in [-0.39, 0.29) is 18.0 Å². The standard InChI is InChI=1S/C14H21FN2O2/c1-10-9-19-13(6-16)8-17(10)7-11-3-4-12(18-2)5-14(11)15/h3-5,10,13H,6-9,16H2,1-2H3. The molecule has 0 amide bonds. The Hall–Kier alpha value is -1.17. The molecule has 5 heteroatoms. The van der Waals surface area contributed by atoms with Crippen molar-refractivity contribution in [1.82, 2.24) is 4.90 Å². The van der Waals surface area contributed by atoms with Crippen LogP contribution in [0.2, 0.25) is 0 Å². The van der Waals surface area contributed by atoms with Crippen LogP contribution in [0.3, 0.4) is 0 Å². The van der Waals surface area contributed by atoms with E-state index in [9.17, 15) is 4.39 Å². The third-order valence-electron chi connectivity index (χ3n) is 3.53. The molecule has 0 aromatic heterocycles. The normalized spacial score (nSPS) is 24.4. The molecule has 2 N–H and O–H groups in total. The molecule has 0 radical (unpaired) electrons. The summed E-state index contributed by atoms with van der Waals surface area (Å²) in [6, 6.07) is 5.24. The van der Waals surface area contributed by atoms with Crippen LogP contribution in [0.4, 0.5) is 4.39 Å². The van der Waals surface area contributed by atoms with Gasteiger partial charge < -0.3 is 15.2 Å². The summed E-state index contributed by atoms with van der Waals surface area (Å²) in [5.74, 6) is 0.304. The number of hydrogen-bond acceptors (Lipinski definition) is 4. The van der Waals surface area contributed by atoms with Crippen molar-refractivity contribution in [3.05, 3.63) is 29.6 Å². The average molecular weight is 268 g/mol. The topological polar surface area (TPSA) is 47.7 Å². The highest BCUT2D eigenvalue weighted by atomic mass is 19.1. The number of methoxy groups -OCH3 is 1. The third kappa shape index (κ3) is 3.43. The summed E-state index contributed by atoms with van der Waals surface area (Å²) in [4.78, 5) is 2.20. The molecule has 0 aliphatic carbocycles. The lowest BCUT2D eigenvalue weighted by atomic mass is 10.1. The molecule has 2 unspecified atom stereocenters. The zero-order valence-electron chi connectivity index (χ0n) is 11.4. The highest BCUT2D eigenvalue weighted by Gasteiger charge is 2.25. The molecule has 0 bridgehead atoms. The predicted octanol–water partition coefficient (Wildman–Crippen LogP) is 1.38. The van der Waals surface area contributed by atoms with E-state index in [1.54, 1.807) is 12.1 Å². The molecule has 1 aliphatic heterocycles. The van der Waals surface area contributed by atoms with E-state index in [0.29, 0.717) is 31.0 Å². The van der Waals surface area contributed by atoms with Gasteiger partial charge in [0.25, 0.3) is 0 Å². The SMILES string of the molecule is COc1ccc(CN2CC(CN)OCC2C)c(F)c1. The van der Waals surface area contributed by atoms with Crippen molar-refractivity contribution in [2.24, 2.45) is 5.73 Å². The van der Waals surface area contributed by atoms with Gasteiger partial charge in [0.1, 0.15) is 11.6 Å². The Bertz CT molecular complexity index is 428. The molecule has 1 fully saturated rings. The van der Waals surface area contributed by atoms with E-state index in [0.717, 1.165) is 6.54 Å². The van der Waals surface area contributed by atoms with E-state index in [1.807, 2.05) is 0 Å². The number of nitrogens with zero attached hydrogens (tertiary/aromatic N) is 1. The van der Waals surface area contributed by atoms with Gasteiger partial charge >= 0.3 is 0 Å². The van der Waals surface area contributed by atoms with Crippen molar-refractivity contribution >= 4 is 0 Å². The second-order valence-corrected chi connectivity index (χ2v) is 4.93. The van der Waals surface area contributed by atoms with E-state index < -0.39 is 0 Å². The molecule has 4 nitrogen and oxygen atoms in total. The van der Waals surface area contributed by atoms with Crippen LogP contribution in [-0.4, -0.2) is 43.9 Å². The Labute approximate surface area is 113 Å². The van der Waals surface area contributed by atoms with Crippen LogP contribution in [0.25, 0.3) is 0 Å². The molecule has 2 atom stereocenters. The van der Waals surface area contributed by atoms with Crippen molar-refractivity contribution in [1.29, 1.82) is 0 Å². The number of morpholine rings is 1. The second kappa shape index (κ2) is 6.32. The number of benzene rings is 1. The minimum absolute atomic E-state index is 0.0394. The Morgan fingerprint density at radius 2 is 2.32 bits per heavy atom. The summed E-state index contributed by atoms with van der Waals surface area (Å²) in [5.41, 5.74) is 6.30. The summed E-state index contributed by atoms with van der Waals surface area (Å²) in [6.45, 7) is 4.52. The summed E-state index contributed by atoms with van der Waals surface area (Å²) >= 11 is 0. The molecule has 1 aromatic rings. The van der Waals surface area contributed by atoms with Gasteiger partial charge in [-0.2, -0.15) is 0 Å². The summed E-state index contributed by atoms with van der Waals surface area (Å²) in [6.07, 6.45) is 0.0394. The second-order valence-electron chi connectivity index (χ2n) is 4.93. The molecular weight excluding hydrogens is 247 g/mol.